The van der Waals surface area contributed by atoms with Gasteiger partial charge in [-0.25, -0.2) is 0 Å². The Morgan fingerprint density at radius 2 is 1.74 bits per heavy atom. The number of aliphatic hydroxyl groups is 1. The van der Waals surface area contributed by atoms with Gasteiger partial charge < -0.3 is 29.7 Å². The average molecular weight is 575 g/mol. The summed E-state index contributed by atoms with van der Waals surface area (Å²) in [6.07, 6.45) is 6.51. The van der Waals surface area contributed by atoms with Gasteiger partial charge in [-0.2, -0.15) is 0 Å². The molecule has 0 aliphatic carbocycles. The third kappa shape index (κ3) is 6.24. The molecule has 1 amide bonds. The molecular weight excluding hydrogens is 532 g/mol. The van der Waals surface area contributed by atoms with Gasteiger partial charge in [-0.1, -0.05) is 35.5 Å². The number of fused-ring (bicyclic) bond motifs is 3. The third-order valence-electron chi connectivity index (χ3n) is 9.35. The van der Waals surface area contributed by atoms with E-state index in [2.05, 4.69) is 31.5 Å². The molecule has 0 atom stereocenters. The van der Waals surface area contributed by atoms with Gasteiger partial charge in [-0.05, 0) is 69.8 Å². The standard InChI is InChI=1S/C32H42N6O4/c1-41-29-10-5-3-8-27(29)37-19-14-32(40,15-20-37)24-36-17-12-31(13-18-36)11-6-16-38-22-26(34-35-38)23-42-28-9-4-2-7-25(28)21-33-30(31)39/h2-5,7-10,22,40H,6,11-21,23-24H2,1H3,(H,33,39). The predicted octanol–water partition coefficient (Wildman–Crippen LogP) is 3.39. The molecule has 0 saturated carbocycles. The van der Waals surface area contributed by atoms with E-state index in [1.165, 1.54) is 0 Å². The first kappa shape index (κ1) is 28.5. The van der Waals surface area contributed by atoms with Gasteiger partial charge in [0.1, 0.15) is 23.8 Å². The number of para-hydroxylation sites is 3. The number of hydrogen-bond acceptors (Lipinski definition) is 8. The van der Waals surface area contributed by atoms with E-state index in [-0.39, 0.29) is 5.91 Å². The Hall–Kier alpha value is -3.63. The number of aromatic nitrogens is 3. The minimum atomic E-state index is -0.733. The zero-order valence-corrected chi connectivity index (χ0v) is 24.5. The maximum Gasteiger partial charge on any atom is 0.226 e. The van der Waals surface area contributed by atoms with E-state index in [4.69, 9.17) is 9.47 Å². The number of nitrogens with one attached hydrogen (secondary N) is 1. The van der Waals surface area contributed by atoms with Crippen molar-refractivity contribution in [1.82, 2.24) is 25.2 Å². The molecule has 10 nitrogen and oxygen atoms in total. The predicted molar refractivity (Wildman–Crippen MR) is 159 cm³/mol. The summed E-state index contributed by atoms with van der Waals surface area (Å²) in [6, 6.07) is 15.9. The van der Waals surface area contributed by atoms with Crippen molar-refractivity contribution in [2.45, 2.75) is 63.8 Å². The Bertz CT molecular complexity index is 1360. The second-order valence-electron chi connectivity index (χ2n) is 12.1. The summed E-state index contributed by atoms with van der Waals surface area (Å²) < 4.78 is 13.4. The van der Waals surface area contributed by atoms with Gasteiger partial charge >= 0.3 is 0 Å². The molecule has 1 aromatic heterocycles. The number of anilines is 1. The molecule has 10 heteroatoms. The number of β-amino-alcohol motifs (C(OH)–C–C–N with tert-alkyl or cyclic N) is 1. The molecule has 224 valence electrons. The molecule has 3 aromatic rings. The topological polar surface area (TPSA) is 105 Å². The smallest absolute Gasteiger partial charge is 0.226 e. The van der Waals surface area contributed by atoms with Gasteiger partial charge in [0.2, 0.25) is 5.91 Å². The summed E-state index contributed by atoms with van der Waals surface area (Å²) in [6.45, 7) is 5.27. The molecule has 6 rings (SSSR count). The van der Waals surface area contributed by atoms with Crippen LogP contribution in [0.2, 0.25) is 0 Å². The number of nitrogens with zero attached hydrogens (tertiary/aromatic N) is 5. The lowest BCUT2D eigenvalue weighted by atomic mass is 9.73. The number of methoxy groups -OCH3 is 1. The Labute approximate surface area is 247 Å². The number of carbonyl (C=O) groups is 1. The SMILES string of the molecule is COc1ccccc1N1CCC(O)(CN2CCC3(CCCn4cc(nn4)COc4ccccc4CNC3=O)CC2)CC1. The fraction of sp³-hybridized carbons (Fsp3) is 0.531. The summed E-state index contributed by atoms with van der Waals surface area (Å²) in [7, 11) is 1.70. The van der Waals surface area contributed by atoms with Crippen LogP contribution < -0.4 is 19.7 Å². The van der Waals surface area contributed by atoms with E-state index in [1.807, 2.05) is 53.3 Å². The number of benzene rings is 2. The van der Waals surface area contributed by atoms with Crippen molar-refractivity contribution in [2.75, 3.05) is 44.7 Å². The van der Waals surface area contributed by atoms with Gasteiger partial charge in [0.25, 0.3) is 0 Å². The molecule has 1 spiro atoms. The quantitative estimate of drug-likeness (QED) is 0.489. The van der Waals surface area contributed by atoms with Crippen molar-refractivity contribution in [3.8, 4) is 11.5 Å². The minimum Gasteiger partial charge on any atom is -0.495 e. The van der Waals surface area contributed by atoms with Crippen LogP contribution in [0, 0.1) is 5.41 Å². The number of carbonyl (C=O) groups excluding carboxylic acids is 1. The number of amides is 1. The number of likely N-dealkylation sites (tertiary alicyclic amines) is 1. The summed E-state index contributed by atoms with van der Waals surface area (Å²) in [4.78, 5) is 18.5. The fourth-order valence-electron chi connectivity index (χ4n) is 6.76. The number of hydrogen-bond donors (Lipinski definition) is 2. The van der Waals surface area contributed by atoms with Crippen LogP contribution in [0.1, 0.15) is 49.8 Å². The summed E-state index contributed by atoms with van der Waals surface area (Å²) in [5.74, 6) is 1.72. The van der Waals surface area contributed by atoms with E-state index >= 15 is 0 Å². The maximum atomic E-state index is 13.8. The van der Waals surface area contributed by atoms with Crippen molar-refractivity contribution in [1.29, 1.82) is 0 Å². The van der Waals surface area contributed by atoms with E-state index in [9.17, 15) is 9.90 Å². The third-order valence-corrected chi connectivity index (χ3v) is 9.35. The molecule has 2 bridgehead atoms. The van der Waals surface area contributed by atoms with Gasteiger partial charge in [0, 0.05) is 38.3 Å². The lowest BCUT2D eigenvalue weighted by molar-refractivity contribution is -0.135. The van der Waals surface area contributed by atoms with Crippen molar-refractivity contribution in [3.05, 3.63) is 66.0 Å². The van der Waals surface area contributed by atoms with Gasteiger partial charge in [-0.15, -0.1) is 5.10 Å². The van der Waals surface area contributed by atoms with E-state index in [0.717, 1.165) is 80.3 Å². The Morgan fingerprint density at radius 1 is 0.976 bits per heavy atom. The van der Waals surface area contributed by atoms with Gasteiger partial charge in [0.05, 0.1) is 30.0 Å². The molecule has 2 saturated heterocycles. The number of ether oxygens (including phenoxy) is 2. The second-order valence-corrected chi connectivity index (χ2v) is 12.1. The normalized spacial score (nSPS) is 21.1. The van der Waals surface area contributed by atoms with Crippen LogP contribution in [0.4, 0.5) is 5.69 Å². The van der Waals surface area contributed by atoms with Crippen LogP contribution in [0.15, 0.2) is 54.7 Å². The molecule has 0 radical (unpaired) electrons. The highest BCUT2D eigenvalue weighted by molar-refractivity contribution is 5.82. The maximum absolute atomic E-state index is 13.8. The highest BCUT2D eigenvalue weighted by atomic mass is 16.5. The summed E-state index contributed by atoms with van der Waals surface area (Å²) in [5, 5.41) is 23.3. The molecule has 2 aromatic carbocycles. The summed E-state index contributed by atoms with van der Waals surface area (Å²) in [5.41, 5.74) is 1.64. The van der Waals surface area contributed by atoms with Crippen LogP contribution in [0.25, 0.3) is 0 Å². The summed E-state index contributed by atoms with van der Waals surface area (Å²) >= 11 is 0. The Morgan fingerprint density at radius 3 is 2.55 bits per heavy atom. The molecule has 42 heavy (non-hydrogen) atoms. The van der Waals surface area contributed by atoms with Gasteiger partial charge in [0.15, 0.2) is 0 Å². The zero-order valence-electron chi connectivity index (χ0n) is 24.5. The molecule has 2 N–H and O–H groups in total. The monoisotopic (exact) mass is 574 g/mol. The number of aryl methyl sites for hydroxylation is 1. The first-order valence-electron chi connectivity index (χ1n) is 15.2. The van der Waals surface area contributed by atoms with Crippen LogP contribution in [-0.2, 0) is 24.5 Å². The molecule has 4 heterocycles. The highest BCUT2D eigenvalue weighted by Crippen LogP contribution is 2.39. The van der Waals surface area contributed by atoms with Crippen LogP contribution in [0.5, 0.6) is 11.5 Å². The van der Waals surface area contributed by atoms with Crippen molar-refractivity contribution in [2.24, 2.45) is 5.41 Å². The van der Waals surface area contributed by atoms with Gasteiger partial charge in [-0.3, -0.25) is 9.48 Å². The molecule has 3 aliphatic heterocycles. The number of rotatable bonds is 4. The van der Waals surface area contributed by atoms with Crippen LogP contribution in [0.3, 0.4) is 0 Å². The van der Waals surface area contributed by atoms with Crippen molar-refractivity contribution >= 4 is 11.6 Å². The molecular formula is C32H42N6O4. The number of piperidine rings is 2. The Kier molecular flexibility index (Phi) is 8.35. The van der Waals surface area contributed by atoms with E-state index in [0.29, 0.717) is 39.1 Å². The fourth-order valence-corrected chi connectivity index (χ4v) is 6.76. The van der Waals surface area contributed by atoms with E-state index in [1.54, 1.807) is 7.11 Å². The zero-order chi connectivity index (χ0) is 29.0. The minimum absolute atomic E-state index is 0.108. The molecule has 0 unspecified atom stereocenters. The van der Waals surface area contributed by atoms with Crippen molar-refractivity contribution < 1.29 is 19.4 Å². The Balaban J connectivity index is 1.09. The second kappa shape index (κ2) is 12.3. The molecule has 3 aliphatic rings. The van der Waals surface area contributed by atoms with Crippen LogP contribution in [-0.4, -0.2) is 76.3 Å². The van der Waals surface area contributed by atoms with E-state index < -0.39 is 11.0 Å². The largest absolute Gasteiger partial charge is 0.495 e. The average Bonchev–Trinajstić information content (AvgIpc) is 3.47. The first-order chi connectivity index (χ1) is 20.5. The van der Waals surface area contributed by atoms with Crippen molar-refractivity contribution in [3.63, 3.8) is 0 Å². The highest BCUT2D eigenvalue weighted by Gasteiger charge is 2.43. The lowest BCUT2D eigenvalue weighted by Crippen LogP contribution is -2.55. The lowest BCUT2D eigenvalue weighted by Gasteiger charge is -2.45. The molecule has 2 fully saturated rings. The first-order valence-corrected chi connectivity index (χ1v) is 15.2. The van der Waals surface area contributed by atoms with Crippen LogP contribution >= 0.6 is 0 Å².